The van der Waals surface area contributed by atoms with E-state index in [-0.39, 0.29) is 11.9 Å². The molecule has 34 heavy (non-hydrogen) atoms. The van der Waals surface area contributed by atoms with Crippen molar-refractivity contribution in [2.24, 2.45) is 5.73 Å². The number of hydrogen-bond donors (Lipinski definition) is 3. The van der Waals surface area contributed by atoms with Gasteiger partial charge in [0.25, 0.3) is 0 Å². The molecule has 190 valence electrons. The minimum absolute atomic E-state index is 0.0880. The Hall–Kier alpha value is -3.10. The van der Waals surface area contributed by atoms with Crippen molar-refractivity contribution in [2.75, 3.05) is 7.05 Å². The predicted octanol–water partition coefficient (Wildman–Crippen LogP) is 2.88. The van der Waals surface area contributed by atoms with E-state index >= 15 is 0 Å². The number of benzene rings is 1. The maximum absolute atomic E-state index is 13.5. The van der Waals surface area contributed by atoms with Gasteiger partial charge in [-0.1, -0.05) is 31.5 Å². The molecule has 9 heteroatoms. The average molecular weight is 477 g/mol. The largest absolute Gasteiger partial charge is 0.444 e. The summed E-state index contributed by atoms with van der Waals surface area (Å²) in [5, 5.41) is 5.41. The second-order valence-corrected chi connectivity index (χ2v) is 9.71. The fourth-order valence-electron chi connectivity index (χ4n) is 3.65. The van der Waals surface area contributed by atoms with Crippen LogP contribution in [0, 0.1) is 13.8 Å². The van der Waals surface area contributed by atoms with Gasteiger partial charge in [0.05, 0.1) is 6.42 Å². The van der Waals surface area contributed by atoms with Crippen molar-refractivity contribution in [3.05, 3.63) is 34.9 Å². The zero-order valence-corrected chi connectivity index (χ0v) is 21.7. The number of rotatable bonds is 10. The van der Waals surface area contributed by atoms with Crippen LogP contribution in [0.3, 0.4) is 0 Å². The summed E-state index contributed by atoms with van der Waals surface area (Å²) in [5.41, 5.74) is 7.05. The van der Waals surface area contributed by atoms with Gasteiger partial charge in [-0.2, -0.15) is 0 Å². The van der Waals surface area contributed by atoms with Crippen LogP contribution in [0.15, 0.2) is 18.2 Å². The quantitative estimate of drug-likeness (QED) is 0.478. The van der Waals surface area contributed by atoms with Crippen LogP contribution >= 0.6 is 0 Å². The molecule has 3 atom stereocenters. The van der Waals surface area contributed by atoms with Crippen molar-refractivity contribution in [2.45, 2.75) is 91.5 Å². The van der Waals surface area contributed by atoms with Gasteiger partial charge in [0, 0.05) is 13.1 Å². The van der Waals surface area contributed by atoms with Crippen LogP contribution in [0.5, 0.6) is 0 Å². The molecule has 0 aromatic heterocycles. The Balaban J connectivity index is 3.35. The van der Waals surface area contributed by atoms with Crippen LogP contribution in [0.4, 0.5) is 4.79 Å². The molecule has 0 heterocycles. The van der Waals surface area contributed by atoms with Gasteiger partial charge in [-0.05, 0) is 64.7 Å². The highest BCUT2D eigenvalue weighted by Gasteiger charge is 2.36. The van der Waals surface area contributed by atoms with Crippen molar-refractivity contribution in [1.82, 2.24) is 15.5 Å². The Morgan fingerprint density at radius 3 is 2.26 bits per heavy atom. The first-order valence-electron chi connectivity index (χ1n) is 11.6. The number of nitrogens with one attached hydrogen (secondary N) is 2. The smallest absolute Gasteiger partial charge is 0.408 e. The molecule has 3 unspecified atom stereocenters. The van der Waals surface area contributed by atoms with E-state index in [1.165, 1.54) is 11.9 Å². The molecule has 4 amide bonds. The fraction of sp³-hybridized carbons (Fsp3) is 0.600. The summed E-state index contributed by atoms with van der Waals surface area (Å²) in [7, 11) is 1.48. The zero-order chi connectivity index (χ0) is 26.2. The SMILES string of the molecule is CCCC(C)NC(=O)C(c1cccc(C)c1C)N(C)C(=O)C(CC(N)=O)NC(=O)OC(C)(C)C. The second kappa shape index (κ2) is 12.4. The van der Waals surface area contributed by atoms with Crippen molar-refractivity contribution in [3.8, 4) is 0 Å². The van der Waals surface area contributed by atoms with E-state index < -0.39 is 42.0 Å². The van der Waals surface area contributed by atoms with E-state index in [2.05, 4.69) is 10.6 Å². The topological polar surface area (TPSA) is 131 Å². The minimum Gasteiger partial charge on any atom is -0.444 e. The molecule has 1 rings (SSSR count). The lowest BCUT2D eigenvalue weighted by atomic mass is 9.95. The molecule has 0 saturated carbocycles. The Kier molecular flexibility index (Phi) is 10.5. The number of nitrogens with two attached hydrogens (primary N) is 1. The number of carbonyl (C=O) groups excluding carboxylic acids is 4. The van der Waals surface area contributed by atoms with Gasteiger partial charge < -0.3 is 26.0 Å². The van der Waals surface area contributed by atoms with Gasteiger partial charge in [0.1, 0.15) is 17.7 Å². The summed E-state index contributed by atoms with van der Waals surface area (Å²) >= 11 is 0. The third kappa shape index (κ3) is 8.68. The van der Waals surface area contributed by atoms with E-state index in [9.17, 15) is 19.2 Å². The maximum Gasteiger partial charge on any atom is 0.408 e. The highest BCUT2D eigenvalue weighted by atomic mass is 16.6. The molecule has 0 bridgehead atoms. The van der Waals surface area contributed by atoms with Gasteiger partial charge in [-0.3, -0.25) is 14.4 Å². The number of hydrogen-bond acceptors (Lipinski definition) is 5. The molecule has 1 aromatic carbocycles. The van der Waals surface area contributed by atoms with Gasteiger partial charge >= 0.3 is 6.09 Å². The normalized spacial score (nSPS) is 13.9. The molecule has 4 N–H and O–H groups in total. The Morgan fingerprint density at radius 2 is 1.74 bits per heavy atom. The fourth-order valence-corrected chi connectivity index (χ4v) is 3.65. The van der Waals surface area contributed by atoms with E-state index in [1.54, 1.807) is 26.8 Å². The molecule has 0 spiro atoms. The molecule has 0 aliphatic carbocycles. The summed E-state index contributed by atoms with van der Waals surface area (Å²) < 4.78 is 5.23. The molecule has 0 aliphatic rings. The predicted molar refractivity (Wildman–Crippen MR) is 131 cm³/mol. The van der Waals surface area contributed by atoms with Crippen LogP contribution < -0.4 is 16.4 Å². The molecule has 0 radical (unpaired) electrons. The molecule has 0 fully saturated rings. The minimum atomic E-state index is -1.29. The van der Waals surface area contributed by atoms with Crippen molar-refractivity contribution < 1.29 is 23.9 Å². The number of nitrogens with zero attached hydrogens (tertiary/aromatic N) is 1. The van der Waals surface area contributed by atoms with Crippen LogP contribution in [0.2, 0.25) is 0 Å². The van der Waals surface area contributed by atoms with E-state index in [0.29, 0.717) is 5.56 Å². The summed E-state index contributed by atoms with van der Waals surface area (Å²) in [6.45, 7) is 12.8. The number of primary amides is 1. The first-order chi connectivity index (χ1) is 15.7. The summed E-state index contributed by atoms with van der Waals surface area (Å²) in [4.78, 5) is 52.1. The maximum atomic E-state index is 13.5. The molecular formula is C25H40N4O5. The zero-order valence-electron chi connectivity index (χ0n) is 21.7. The van der Waals surface area contributed by atoms with Crippen LogP contribution in [-0.4, -0.2) is 53.4 Å². The summed E-state index contributed by atoms with van der Waals surface area (Å²) in [6.07, 6.45) is 0.387. The molecule has 1 aromatic rings. The Bertz CT molecular complexity index is 894. The lowest BCUT2D eigenvalue weighted by Crippen LogP contribution is -2.53. The van der Waals surface area contributed by atoms with Crippen LogP contribution in [0.1, 0.15) is 76.6 Å². The van der Waals surface area contributed by atoms with Crippen molar-refractivity contribution in [1.29, 1.82) is 0 Å². The molecule has 0 saturated heterocycles. The lowest BCUT2D eigenvalue weighted by Gasteiger charge is -2.33. The van der Waals surface area contributed by atoms with Crippen molar-refractivity contribution >= 4 is 23.8 Å². The van der Waals surface area contributed by atoms with Gasteiger partial charge in [-0.15, -0.1) is 0 Å². The third-order valence-corrected chi connectivity index (χ3v) is 5.43. The number of amides is 4. The molecular weight excluding hydrogens is 436 g/mol. The van der Waals surface area contributed by atoms with Gasteiger partial charge in [0.2, 0.25) is 17.7 Å². The monoisotopic (exact) mass is 476 g/mol. The van der Waals surface area contributed by atoms with E-state index in [1.807, 2.05) is 39.8 Å². The third-order valence-electron chi connectivity index (χ3n) is 5.43. The van der Waals surface area contributed by atoms with Crippen molar-refractivity contribution in [3.63, 3.8) is 0 Å². The average Bonchev–Trinajstić information content (AvgIpc) is 2.68. The first-order valence-corrected chi connectivity index (χ1v) is 11.6. The Morgan fingerprint density at radius 1 is 1.12 bits per heavy atom. The van der Waals surface area contributed by atoms with Crippen LogP contribution in [0.25, 0.3) is 0 Å². The standard InChI is InChI=1S/C25H40N4O5/c1-9-11-16(3)27-22(31)21(18-13-10-12-15(2)17(18)4)29(8)23(32)19(14-20(26)30)28-24(33)34-25(5,6)7/h10,12-13,16,19,21H,9,11,14H2,1-8H3,(H2,26,30)(H,27,31)(H,28,33). The molecule has 9 nitrogen and oxygen atoms in total. The van der Waals surface area contributed by atoms with Gasteiger partial charge in [-0.25, -0.2) is 4.79 Å². The molecule has 0 aliphatic heterocycles. The summed E-state index contributed by atoms with van der Waals surface area (Å²) in [6, 6.07) is 3.20. The highest BCUT2D eigenvalue weighted by molar-refractivity contribution is 5.94. The number of aryl methyl sites for hydroxylation is 1. The second-order valence-electron chi connectivity index (χ2n) is 9.71. The van der Waals surface area contributed by atoms with Gasteiger partial charge in [0.15, 0.2) is 0 Å². The summed E-state index contributed by atoms with van der Waals surface area (Å²) in [5.74, 6) is -1.75. The lowest BCUT2D eigenvalue weighted by molar-refractivity contribution is -0.142. The number of carbonyl (C=O) groups is 4. The van der Waals surface area contributed by atoms with E-state index in [4.69, 9.17) is 10.5 Å². The van der Waals surface area contributed by atoms with E-state index in [0.717, 1.165) is 24.0 Å². The van der Waals surface area contributed by atoms with Crippen LogP contribution in [-0.2, 0) is 19.1 Å². The number of ether oxygens (including phenoxy) is 1. The Labute approximate surface area is 202 Å². The number of likely N-dealkylation sites (N-methyl/N-ethyl adjacent to an activating group) is 1. The first kappa shape index (κ1) is 28.9. The highest BCUT2D eigenvalue weighted by Crippen LogP contribution is 2.26. The number of alkyl carbamates (subject to hydrolysis) is 1.